The van der Waals surface area contributed by atoms with Crippen LogP contribution in [0.3, 0.4) is 0 Å². The summed E-state index contributed by atoms with van der Waals surface area (Å²) in [5, 5.41) is 75.0. The van der Waals surface area contributed by atoms with Gasteiger partial charge < -0.3 is 40.9 Å². The van der Waals surface area contributed by atoms with Gasteiger partial charge in [-0.15, -0.1) is 0 Å². The van der Waals surface area contributed by atoms with E-state index in [1.807, 2.05) is 0 Å². The van der Waals surface area contributed by atoms with Crippen LogP contribution in [0.15, 0.2) is 12.1 Å². The number of phenols is 8. The van der Waals surface area contributed by atoms with Crippen molar-refractivity contribution in [3.63, 3.8) is 0 Å². The predicted octanol–water partition coefficient (Wildman–Crippen LogP) is -0.0339. The van der Waals surface area contributed by atoms with Gasteiger partial charge in [-0.3, -0.25) is 14.4 Å². The Labute approximate surface area is 142 Å². The molecule has 0 unspecified atom stereocenters. The SMILES string of the molecule is O=C(C(=O)c1cc(O)c(O)c(O)c1O)C(=O)c1cc(O)c(O)c(O)c1O. The van der Waals surface area contributed by atoms with Crippen LogP contribution in [-0.2, 0) is 4.79 Å². The summed E-state index contributed by atoms with van der Waals surface area (Å²) in [5.41, 5.74) is -2.08. The Kier molecular flexibility index (Phi) is 4.23. The molecular formula is C15H10O11. The predicted molar refractivity (Wildman–Crippen MR) is 79.9 cm³/mol. The third kappa shape index (κ3) is 2.62. The third-order valence-electron chi connectivity index (χ3n) is 3.36. The fourth-order valence-electron chi connectivity index (χ4n) is 1.96. The molecule has 0 aliphatic carbocycles. The largest absolute Gasteiger partial charge is 0.504 e. The van der Waals surface area contributed by atoms with Gasteiger partial charge in [0.05, 0.1) is 11.1 Å². The zero-order chi connectivity index (χ0) is 19.9. The van der Waals surface area contributed by atoms with Crippen LogP contribution in [0, 0.1) is 0 Å². The highest BCUT2D eigenvalue weighted by molar-refractivity contribution is 6.70. The Bertz CT molecular complexity index is 897. The number of phenolic OH excluding ortho intramolecular Hbond substituents is 8. The van der Waals surface area contributed by atoms with E-state index >= 15 is 0 Å². The fourth-order valence-corrected chi connectivity index (χ4v) is 1.96. The first-order valence-electron chi connectivity index (χ1n) is 6.56. The van der Waals surface area contributed by atoms with Crippen molar-refractivity contribution in [1.29, 1.82) is 0 Å². The molecule has 2 aromatic rings. The van der Waals surface area contributed by atoms with E-state index in [1.54, 1.807) is 0 Å². The molecule has 2 aromatic carbocycles. The zero-order valence-electron chi connectivity index (χ0n) is 12.5. The van der Waals surface area contributed by atoms with Gasteiger partial charge in [-0.2, -0.15) is 0 Å². The highest BCUT2D eigenvalue weighted by Gasteiger charge is 2.33. The van der Waals surface area contributed by atoms with E-state index < -0.39 is 74.5 Å². The lowest BCUT2D eigenvalue weighted by molar-refractivity contribution is -0.111. The second-order valence-electron chi connectivity index (χ2n) is 4.97. The molecule has 2 rings (SSSR count). The first-order valence-corrected chi connectivity index (χ1v) is 6.56. The Hall–Kier alpha value is -4.15. The van der Waals surface area contributed by atoms with E-state index in [-0.39, 0.29) is 0 Å². The molecule has 0 heterocycles. The molecule has 0 atom stereocenters. The minimum atomic E-state index is -1.90. The van der Waals surface area contributed by atoms with Crippen molar-refractivity contribution in [2.75, 3.05) is 0 Å². The Morgan fingerprint density at radius 3 is 1.12 bits per heavy atom. The van der Waals surface area contributed by atoms with Gasteiger partial charge in [0.1, 0.15) is 0 Å². The Morgan fingerprint density at radius 2 is 0.808 bits per heavy atom. The van der Waals surface area contributed by atoms with Crippen molar-refractivity contribution < 1.29 is 55.2 Å². The molecule has 0 spiro atoms. The second kappa shape index (κ2) is 6.05. The third-order valence-corrected chi connectivity index (χ3v) is 3.36. The van der Waals surface area contributed by atoms with Crippen molar-refractivity contribution in [3.8, 4) is 46.0 Å². The molecule has 0 fully saturated rings. The van der Waals surface area contributed by atoms with Crippen LogP contribution in [0.4, 0.5) is 0 Å². The molecule has 0 bridgehead atoms. The topological polar surface area (TPSA) is 213 Å². The lowest BCUT2D eigenvalue weighted by Crippen LogP contribution is -2.24. The van der Waals surface area contributed by atoms with Crippen LogP contribution in [0.25, 0.3) is 0 Å². The van der Waals surface area contributed by atoms with Crippen LogP contribution in [0.5, 0.6) is 46.0 Å². The van der Waals surface area contributed by atoms with Crippen molar-refractivity contribution in [2.45, 2.75) is 0 Å². The summed E-state index contributed by atoms with van der Waals surface area (Å²) in [6.45, 7) is 0. The van der Waals surface area contributed by atoms with Gasteiger partial charge in [0.25, 0.3) is 5.78 Å². The molecule has 26 heavy (non-hydrogen) atoms. The Morgan fingerprint density at radius 1 is 0.500 bits per heavy atom. The number of carbonyl (C=O) groups is 3. The first-order chi connectivity index (χ1) is 12.0. The summed E-state index contributed by atoms with van der Waals surface area (Å²) in [4.78, 5) is 36.1. The van der Waals surface area contributed by atoms with Crippen LogP contribution >= 0.6 is 0 Å². The molecule has 0 amide bonds. The van der Waals surface area contributed by atoms with E-state index in [2.05, 4.69) is 0 Å². The normalized spacial score (nSPS) is 10.5. The van der Waals surface area contributed by atoms with Crippen molar-refractivity contribution in [3.05, 3.63) is 23.3 Å². The molecule has 11 nitrogen and oxygen atoms in total. The smallest absolute Gasteiger partial charge is 0.274 e. The molecule has 0 aliphatic rings. The number of hydrogen-bond donors (Lipinski definition) is 8. The molecule has 0 saturated carbocycles. The first kappa shape index (κ1) is 18.2. The number of ketones is 3. The van der Waals surface area contributed by atoms with Crippen molar-refractivity contribution >= 4 is 17.3 Å². The summed E-state index contributed by atoms with van der Waals surface area (Å²) in [7, 11) is 0. The average molecular weight is 366 g/mol. The molecule has 11 heteroatoms. The number of hydrogen-bond acceptors (Lipinski definition) is 11. The Balaban J connectivity index is 2.51. The highest BCUT2D eigenvalue weighted by Crippen LogP contribution is 2.45. The van der Waals surface area contributed by atoms with E-state index in [0.717, 1.165) is 0 Å². The van der Waals surface area contributed by atoms with E-state index in [0.29, 0.717) is 12.1 Å². The molecule has 136 valence electrons. The summed E-state index contributed by atoms with van der Waals surface area (Å²) in [5.74, 6) is -15.1. The summed E-state index contributed by atoms with van der Waals surface area (Å²) >= 11 is 0. The number of rotatable bonds is 4. The maximum absolute atomic E-state index is 12.1. The van der Waals surface area contributed by atoms with Gasteiger partial charge >= 0.3 is 0 Å². The van der Waals surface area contributed by atoms with E-state index in [4.69, 9.17) is 0 Å². The zero-order valence-corrected chi connectivity index (χ0v) is 12.5. The van der Waals surface area contributed by atoms with Crippen molar-refractivity contribution in [2.24, 2.45) is 0 Å². The molecule has 0 aliphatic heterocycles. The maximum Gasteiger partial charge on any atom is 0.274 e. The second-order valence-corrected chi connectivity index (χ2v) is 4.97. The molecule has 0 saturated heterocycles. The van der Waals surface area contributed by atoms with Gasteiger partial charge in [0.2, 0.25) is 34.6 Å². The molecule has 0 aromatic heterocycles. The van der Waals surface area contributed by atoms with Gasteiger partial charge in [-0.25, -0.2) is 0 Å². The summed E-state index contributed by atoms with van der Waals surface area (Å²) in [6.07, 6.45) is 0. The van der Waals surface area contributed by atoms with Crippen LogP contribution in [0.1, 0.15) is 20.7 Å². The van der Waals surface area contributed by atoms with Crippen LogP contribution in [0.2, 0.25) is 0 Å². The molecular weight excluding hydrogens is 356 g/mol. The number of benzene rings is 2. The van der Waals surface area contributed by atoms with Gasteiger partial charge in [0.15, 0.2) is 23.0 Å². The lowest BCUT2D eigenvalue weighted by atomic mass is 9.97. The lowest BCUT2D eigenvalue weighted by Gasteiger charge is -2.09. The van der Waals surface area contributed by atoms with E-state index in [9.17, 15) is 55.2 Å². The molecule has 8 N–H and O–H groups in total. The van der Waals surface area contributed by atoms with Gasteiger partial charge in [-0.05, 0) is 12.1 Å². The number of Topliss-reactive ketones (excluding diaryl/α,β-unsaturated/α-hetero) is 3. The molecule has 0 radical (unpaired) electrons. The van der Waals surface area contributed by atoms with E-state index in [1.165, 1.54) is 0 Å². The summed E-state index contributed by atoms with van der Waals surface area (Å²) < 4.78 is 0. The minimum Gasteiger partial charge on any atom is -0.504 e. The number of carbonyl (C=O) groups excluding carboxylic acids is 3. The maximum atomic E-state index is 12.1. The average Bonchev–Trinajstić information content (AvgIpc) is 2.62. The minimum absolute atomic E-state index is 0.406. The standard InChI is InChI=1S/C15H10O11/c16-5-1-3(9(20)14(25)11(5)22)7(18)13(24)8(19)4-2-6(17)12(23)15(26)10(4)21/h1-2,16-17,20-23,25-26H. The van der Waals surface area contributed by atoms with Gasteiger partial charge in [0, 0.05) is 0 Å². The number of aromatic hydroxyl groups is 8. The monoisotopic (exact) mass is 366 g/mol. The van der Waals surface area contributed by atoms with Crippen LogP contribution < -0.4 is 0 Å². The summed E-state index contributed by atoms with van der Waals surface area (Å²) in [6, 6.07) is 0.813. The highest BCUT2D eigenvalue weighted by atomic mass is 16.4. The quantitative estimate of drug-likeness (QED) is 0.118. The van der Waals surface area contributed by atoms with Crippen molar-refractivity contribution in [1.82, 2.24) is 0 Å². The van der Waals surface area contributed by atoms with Crippen LogP contribution in [-0.4, -0.2) is 58.2 Å². The fraction of sp³-hybridized carbons (Fsp3) is 0. The van der Waals surface area contributed by atoms with Gasteiger partial charge in [-0.1, -0.05) is 0 Å².